The van der Waals surface area contributed by atoms with E-state index in [9.17, 15) is 14.7 Å². The van der Waals surface area contributed by atoms with E-state index in [1.807, 2.05) is 0 Å². The van der Waals surface area contributed by atoms with Crippen LogP contribution in [0.25, 0.3) is 0 Å². The first-order valence-electron chi connectivity index (χ1n) is 6.89. The van der Waals surface area contributed by atoms with Gasteiger partial charge >= 0.3 is 5.97 Å². The van der Waals surface area contributed by atoms with Crippen molar-refractivity contribution >= 4 is 17.6 Å². The summed E-state index contributed by atoms with van der Waals surface area (Å²) in [6.07, 6.45) is 0. The molecule has 0 radical (unpaired) electrons. The molecule has 0 saturated carbocycles. The van der Waals surface area contributed by atoms with Crippen molar-refractivity contribution in [2.24, 2.45) is 0 Å². The number of ether oxygens (including phenoxy) is 1. The Labute approximate surface area is 127 Å². The number of hydrogen-bond donors (Lipinski definition) is 1. The molecule has 1 atom stereocenters. The average molecular weight is 297 g/mol. The number of fused-ring (bicyclic) bond motifs is 1. The molecule has 5 nitrogen and oxygen atoms in total. The van der Waals surface area contributed by atoms with E-state index in [-0.39, 0.29) is 12.5 Å². The maximum absolute atomic E-state index is 12.6. The molecule has 0 saturated heterocycles. The van der Waals surface area contributed by atoms with Gasteiger partial charge in [0, 0.05) is 17.8 Å². The lowest BCUT2D eigenvalue weighted by Crippen LogP contribution is -2.42. The Bertz CT molecular complexity index is 724. The minimum absolute atomic E-state index is 0.123. The molecule has 3 rings (SSSR count). The number of amides is 1. The first-order valence-corrected chi connectivity index (χ1v) is 6.89. The molecule has 1 amide bonds. The highest BCUT2D eigenvalue weighted by molar-refractivity contribution is 6.10. The van der Waals surface area contributed by atoms with Crippen LogP contribution in [0.15, 0.2) is 48.5 Å². The van der Waals surface area contributed by atoms with E-state index >= 15 is 0 Å². The van der Waals surface area contributed by atoms with Crippen LogP contribution in [0.2, 0.25) is 0 Å². The third-order valence-corrected chi connectivity index (χ3v) is 3.86. The van der Waals surface area contributed by atoms with Gasteiger partial charge in [-0.25, -0.2) is 0 Å². The maximum atomic E-state index is 12.6. The summed E-state index contributed by atoms with van der Waals surface area (Å²) in [5.74, 6) is -1.16. The van der Waals surface area contributed by atoms with Crippen molar-refractivity contribution in [2.45, 2.75) is 5.92 Å². The van der Waals surface area contributed by atoms with Gasteiger partial charge < -0.3 is 14.7 Å². The number of anilines is 1. The van der Waals surface area contributed by atoms with Gasteiger partial charge in [0.1, 0.15) is 11.7 Å². The molecule has 2 aromatic rings. The van der Waals surface area contributed by atoms with Crippen molar-refractivity contribution in [3.63, 3.8) is 0 Å². The van der Waals surface area contributed by atoms with Gasteiger partial charge in [0.25, 0.3) is 5.91 Å². The fourth-order valence-corrected chi connectivity index (χ4v) is 2.70. The molecule has 1 N–H and O–H groups in total. The summed E-state index contributed by atoms with van der Waals surface area (Å²) in [4.78, 5) is 25.7. The number of carbonyl (C=O) groups is 2. The number of carbonyl (C=O) groups excluding carboxylic acids is 1. The monoisotopic (exact) mass is 297 g/mol. The number of carboxylic acid groups (broad SMARTS) is 1. The number of hydrogen-bond acceptors (Lipinski definition) is 3. The third-order valence-electron chi connectivity index (χ3n) is 3.86. The Kier molecular flexibility index (Phi) is 3.55. The number of methoxy groups -OCH3 is 1. The molecule has 112 valence electrons. The molecule has 1 aliphatic heterocycles. The summed E-state index contributed by atoms with van der Waals surface area (Å²) in [6.45, 7) is 0.123. The first kappa shape index (κ1) is 14.1. The van der Waals surface area contributed by atoms with Crippen LogP contribution in [0.3, 0.4) is 0 Å². The summed E-state index contributed by atoms with van der Waals surface area (Å²) in [5, 5.41) is 9.46. The SMILES string of the molecule is COc1ccc(N2CC(C(=O)O)c3ccccc3C2=O)cc1. The van der Waals surface area contributed by atoms with E-state index in [2.05, 4.69) is 0 Å². The Morgan fingerprint density at radius 3 is 2.50 bits per heavy atom. The fourth-order valence-electron chi connectivity index (χ4n) is 2.70. The van der Waals surface area contributed by atoms with Crippen LogP contribution in [0.5, 0.6) is 5.75 Å². The van der Waals surface area contributed by atoms with Crippen LogP contribution in [0.4, 0.5) is 5.69 Å². The maximum Gasteiger partial charge on any atom is 0.312 e. The lowest BCUT2D eigenvalue weighted by molar-refractivity contribution is -0.138. The van der Waals surface area contributed by atoms with Gasteiger partial charge in [0.15, 0.2) is 0 Å². The van der Waals surface area contributed by atoms with Gasteiger partial charge in [-0.1, -0.05) is 18.2 Å². The molecule has 5 heteroatoms. The number of rotatable bonds is 3. The molecule has 0 aromatic heterocycles. The summed E-state index contributed by atoms with van der Waals surface area (Å²) >= 11 is 0. The Morgan fingerprint density at radius 2 is 1.86 bits per heavy atom. The van der Waals surface area contributed by atoms with Crippen LogP contribution < -0.4 is 9.64 Å². The Morgan fingerprint density at radius 1 is 1.18 bits per heavy atom. The van der Waals surface area contributed by atoms with E-state index in [0.29, 0.717) is 22.6 Å². The van der Waals surface area contributed by atoms with E-state index in [0.717, 1.165) is 0 Å². The minimum atomic E-state index is -0.932. The fraction of sp³-hybridized carbons (Fsp3) is 0.176. The van der Waals surface area contributed by atoms with Crippen molar-refractivity contribution in [3.05, 3.63) is 59.7 Å². The Balaban J connectivity index is 2.03. The predicted octanol–water partition coefficient (Wildman–Crippen LogP) is 2.52. The number of aliphatic carboxylic acids is 1. The summed E-state index contributed by atoms with van der Waals surface area (Å²) in [5.41, 5.74) is 1.67. The molecule has 0 aliphatic carbocycles. The smallest absolute Gasteiger partial charge is 0.312 e. The third kappa shape index (κ3) is 2.30. The molecule has 2 aromatic carbocycles. The second-order valence-corrected chi connectivity index (χ2v) is 5.09. The molecular weight excluding hydrogens is 282 g/mol. The first-order chi connectivity index (χ1) is 10.6. The molecule has 1 aliphatic rings. The van der Waals surface area contributed by atoms with Gasteiger partial charge in [0.2, 0.25) is 0 Å². The van der Waals surface area contributed by atoms with Gasteiger partial charge in [-0.05, 0) is 35.9 Å². The average Bonchev–Trinajstić information content (AvgIpc) is 2.55. The number of nitrogens with zero attached hydrogens (tertiary/aromatic N) is 1. The summed E-state index contributed by atoms with van der Waals surface area (Å²) < 4.78 is 5.10. The van der Waals surface area contributed by atoms with Crippen molar-refractivity contribution in [2.75, 3.05) is 18.6 Å². The highest BCUT2D eigenvalue weighted by Crippen LogP contribution is 2.32. The van der Waals surface area contributed by atoms with Crippen LogP contribution in [0, 0.1) is 0 Å². The molecule has 0 bridgehead atoms. The molecule has 0 spiro atoms. The van der Waals surface area contributed by atoms with Crippen molar-refractivity contribution in [1.82, 2.24) is 0 Å². The molecular formula is C17H15NO4. The van der Waals surface area contributed by atoms with Gasteiger partial charge in [-0.3, -0.25) is 9.59 Å². The van der Waals surface area contributed by atoms with Crippen LogP contribution in [0.1, 0.15) is 21.8 Å². The molecule has 0 fully saturated rings. The van der Waals surface area contributed by atoms with Crippen molar-refractivity contribution in [1.29, 1.82) is 0 Å². The second-order valence-electron chi connectivity index (χ2n) is 5.09. The van der Waals surface area contributed by atoms with E-state index < -0.39 is 11.9 Å². The molecule has 22 heavy (non-hydrogen) atoms. The van der Waals surface area contributed by atoms with E-state index in [1.165, 1.54) is 4.90 Å². The van der Waals surface area contributed by atoms with Crippen LogP contribution >= 0.6 is 0 Å². The standard InChI is InChI=1S/C17H15NO4/c1-22-12-8-6-11(7-9-12)18-10-15(17(20)21)13-4-2-3-5-14(13)16(18)19/h2-9,15H,10H2,1H3,(H,20,21). The summed E-state index contributed by atoms with van der Waals surface area (Å²) in [6, 6.07) is 13.9. The number of carboxylic acids is 1. The Hall–Kier alpha value is -2.82. The zero-order valence-electron chi connectivity index (χ0n) is 12.0. The van der Waals surface area contributed by atoms with Gasteiger partial charge in [-0.2, -0.15) is 0 Å². The van der Waals surface area contributed by atoms with Crippen molar-refractivity contribution < 1.29 is 19.4 Å². The summed E-state index contributed by atoms with van der Waals surface area (Å²) in [7, 11) is 1.57. The van der Waals surface area contributed by atoms with Crippen molar-refractivity contribution in [3.8, 4) is 5.75 Å². The zero-order valence-corrected chi connectivity index (χ0v) is 12.0. The van der Waals surface area contributed by atoms with Gasteiger partial charge in [-0.15, -0.1) is 0 Å². The minimum Gasteiger partial charge on any atom is -0.497 e. The lowest BCUT2D eigenvalue weighted by atomic mass is 9.89. The second kappa shape index (κ2) is 5.52. The van der Waals surface area contributed by atoms with Crippen LogP contribution in [-0.4, -0.2) is 30.6 Å². The highest BCUT2D eigenvalue weighted by Gasteiger charge is 2.35. The normalized spacial score (nSPS) is 17.0. The molecule has 1 heterocycles. The van der Waals surface area contributed by atoms with Gasteiger partial charge in [0.05, 0.1) is 7.11 Å². The van der Waals surface area contributed by atoms with E-state index in [4.69, 9.17) is 4.74 Å². The van der Waals surface area contributed by atoms with E-state index in [1.54, 1.807) is 55.6 Å². The quantitative estimate of drug-likeness (QED) is 0.945. The largest absolute Gasteiger partial charge is 0.497 e. The zero-order chi connectivity index (χ0) is 15.7. The number of benzene rings is 2. The lowest BCUT2D eigenvalue weighted by Gasteiger charge is -2.32. The predicted molar refractivity (Wildman–Crippen MR) is 81.5 cm³/mol. The highest BCUT2D eigenvalue weighted by atomic mass is 16.5. The topological polar surface area (TPSA) is 66.8 Å². The van der Waals surface area contributed by atoms with Crippen LogP contribution in [-0.2, 0) is 4.79 Å². The molecule has 1 unspecified atom stereocenters.